The van der Waals surface area contributed by atoms with Crippen LogP contribution in [0.25, 0.3) is 0 Å². The zero-order valence-corrected chi connectivity index (χ0v) is 10.1. The molecule has 1 aliphatic carbocycles. The molecule has 4 nitrogen and oxygen atoms in total. The Labute approximate surface area is 101 Å². The van der Waals surface area contributed by atoms with Gasteiger partial charge in [-0.05, 0) is 36.9 Å². The molecule has 0 amide bonds. The SMILES string of the molecule is CN(Cc1cccnc1)CC1(CC(=O)O)CC1. The van der Waals surface area contributed by atoms with Crippen LogP contribution in [0.15, 0.2) is 24.5 Å². The predicted octanol–water partition coefficient (Wildman–Crippen LogP) is 1.77. The van der Waals surface area contributed by atoms with Crippen molar-refractivity contribution in [3.63, 3.8) is 0 Å². The van der Waals surface area contributed by atoms with Gasteiger partial charge in [0.25, 0.3) is 0 Å². The molecular weight excluding hydrogens is 216 g/mol. The molecule has 1 N–H and O–H groups in total. The van der Waals surface area contributed by atoms with Crippen LogP contribution in [-0.2, 0) is 11.3 Å². The number of rotatable bonds is 6. The Morgan fingerprint density at radius 3 is 2.88 bits per heavy atom. The fraction of sp³-hybridized carbons (Fsp3) is 0.538. The summed E-state index contributed by atoms with van der Waals surface area (Å²) in [5.41, 5.74) is 1.20. The quantitative estimate of drug-likeness (QED) is 0.815. The van der Waals surface area contributed by atoms with Gasteiger partial charge in [-0.25, -0.2) is 0 Å². The molecule has 0 saturated heterocycles. The Kier molecular flexibility index (Phi) is 3.43. The summed E-state index contributed by atoms with van der Waals surface area (Å²) in [4.78, 5) is 17.0. The number of aromatic nitrogens is 1. The van der Waals surface area contributed by atoms with E-state index in [0.717, 1.165) is 25.9 Å². The highest BCUT2D eigenvalue weighted by atomic mass is 16.4. The Balaban J connectivity index is 1.85. The van der Waals surface area contributed by atoms with Crippen molar-refractivity contribution in [3.8, 4) is 0 Å². The zero-order valence-electron chi connectivity index (χ0n) is 10.1. The molecule has 17 heavy (non-hydrogen) atoms. The van der Waals surface area contributed by atoms with Gasteiger partial charge in [-0.1, -0.05) is 6.07 Å². The molecule has 0 bridgehead atoms. The first-order chi connectivity index (χ1) is 8.10. The highest BCUT2D eigenvalue weighted by molar-refractivity contribution is 5.68. The Morgan fingerprint density at radius 2 is 2.35 bits per heavy atom. The van der Waals surface area contributed by atoms with Gasteiger partial charge < -0.3 is 10.0 Å². The molecule has 0 radical (unpaired) electrons. The second-order valence-electron chi connectivity index (χ2n) is 5.10. The van der Waals surface area contributed by atoms with E-state index in [2.05, 4.69) is 9.88 Å². The molecule has 1 fully saturated rings. The molecule has 1 aromatic rings. The normalized spacial score (nSPS) is 17.1. The standard InChI is InChI=1S/C13H18N2O2/c1-15(9-11-3-2-6-14-8-11)10-13(4-5-13)7-12(16)17/h2-3,6,8H,4-5,7,9-10H2,1H3,(H,16,17). The summed E-state index contributed by atoms with van der Waals surface area (Å²) in [5.74, 6) is -0.683. The van der Waals surface area contributed by atoms with Gasteiger partial charge in [0.05, 0.1) is 6.42 Å². The first-order valence-electron chi connectivity index (χ1n) is 5.89. The highest BCUT2D eigenvalue weighted by Gasteiger charge is 2.44. The minimum atomic E-state index is -0.683. The van der Waals surface area contributed by atoms with Crippen LogP contribution in [0.2, 0.25) is 0 Å². The van der Waals surface area contributed by atoms with Crippen LogP contribution in [0.1, 0.15) is 24.8 Å². The summed E-state index contributed by atoms with van der Waals surface area (Å²) in [6.45, 7) is 1.68. The van der Waals surface area contributed by atoms with Crippen LogP contribution in [0, 0.1) is 5.41 Å². The lowest BCUT2D eigenvalue weighted by Crippen LogP contribution is -2.28. The molecule has 92 valence electrons. The summed E-state index contributed by atoms with van der Waals surface area (Å²) >= 11 is 0. The van der Waals surface area contributed by atoms with Crippen molar-refractivity contribution in [2.75, 3.05) is 13.6 Å². The smallest absolute Gasteiger partial charge is 0.303 e. The Bertz CT molecular complexity index is 388. The molecule has 1 heterocycles. The van der Waals surface area contributed by atoms with Crippen LogP contribution < -0.4 is 0 Å². The van der Waals surface area contributed by atoms with Gasteiger partial charge in [0.1, 0.15) is 0 Å². The lowest BCUT2D eigenvalue weighted by molar-refractivity contribution is -0.138. The summed E-state index contributed by atoms with van der Waals surface area (Å²) in [7, 11) is 2.04. The van der Waals surface area contributed by atoms with Crippen molar-refractivity contribution in [2.24, 2.45) is 5.41 Å². The third-order valence-corrected chi connectivity index (χ3v) is 3.26. The fourth-order valence-corrected chi connectivity index (χ4v) is 2.32. The molecule has 0 spiro atoms. The number of carboxylic acid groups (broad SMARTS) is 1. The van der Waals surface area contributed by atoms with Gasteiger partial charge in [-0.3, -0.25) is 9.78 Å². The van der Waals surface area contributed by atoms with Crippen LogP contribution in [-0.4, -0.2) is 34.6 Å². The third kappa shape index (κ3) is 3.53. The lowest BCUT2D eigenvalue weighted by atomic mass is 10.0. The van der Waals surface area contributed by atoms with Gasteiger partial charge in [0.2, 0.25) is 0 Å². The number of carboxylic acids is 1. The van der Waals surface area contributed by atoms with Gasteiger partial charge in [-0.15, -0.1) is 0 Å². The van der Waals surface area contributed by atoms with Crippen molar-refractivity contribution in [1.82, 2.24) is 9.88 Å². The summed E-state index contributed by atoms with van der Waals surface area (Å²) in [6.07, 6.45) is 5.99. The number of hydrogen-bond donors (Lipinski definition) is 1. The van der Waals surface area contributed by atoms with Crippen molar-refractivity contribution in [1.29, 1.82) is 0 Å². The molecule has 0 unspecified atom stereocenters. The third-order valence-electron chi connectivity index (χ3n) is 3.26. The van der Waals surface area contributed by atoms with E-state index in [-0.39, 0.29) is 5.41 Å². The summed E-state index contributed by atoms with van der Waals surface area (Å²) in [6, 6.07) is 3.97. The maximum atomic E-state index is 10.8. The average Bonchev–Trinajstić information content (AvgIpc) is 2.97. The van der Waals surface area contributed by atoms with E-state index in [1.165, 1.54) is 5.56 Å². The second kappa shape index (κ2) is 4.84. The van der Waals surface area contributed by atoms with Crippen molar-refractivity contribution < 1.29 is 9.90 Å². The first-order valence-corrected chi connectivity index (χ1v) is 5.89. The fourth-order valence-electron chi connectivity index (χ4n) is 2.32. The maximum Gasteiger partial charge on any atom is 0.303 e. The monoisotopic (exact) mass is 234 g/mol. The maximum absolute atomic E-state index is 10.8. The topological polar surface area (TPSA) is 53.4 Å². The van der Waals surface area contributed by atoms with Gasteiger partial charge in [0, 0.05) is 25.5 Å². The molecule has 0 atom stereocenters. The molecule has 1 saturated carbocycles. The van der Waals surface area contributed by atoms with Crippen LogP contribution in [0.5, 0.6) is 0 Å². The number of pyridine rings is 1. The zero-order chi connectivity index (χ0) is 12.3. The molecule has 4 heteroatoms. The molecule has 1 aromatic heterocycles. The van der Waals surface area contributed by atoms with Gasteiger partial charge in [0.15, 0.2) is 0 Å². The van der Waals surface area contributed by atoms with E-state index < -0.39 is 5.97 Å². The van der Waals surface area contributed by atoms with E-state index in [9.17, 15) is 4.79 Å². The first kappa shape index (κ1) is 12.0. The van der Waals surface area contributed by atoms with E-state index in [0.29, 0.717) is 6.42 Å². The van der Waals surface area contributed by atoms with Crippen LogP contribution in [0.3, 0.4) is 0 Å². The van der Waals surface area contributed by atoms with Crippen molar-refractivity contribution >= 4 is 5.97 Å². The molecule has 2 rings (SSSR count). The largest absolute Gasteiger partial charge is 0.481 e. The van der Waals surface area contributed by atoms with E-state index in [1.807, 2.05) is 25.4 Å². The van der Waals surface area contributed by atoms with Gasteiger partial charge >= 0.3 is 5.97 Å². The summed E-state index contributed by atoms with van der Waals surface area (Å²) in [5, 5.41) is 8.86. The Morgan fingerprint density at radius 1 is 1.59 bits per heavy atom. The van der Waals surface area contributed by atoms with Gasteiger partial charge in [-0.2, -0.15) is 0 Å². The lowest BCUT2D eigenvalue weighted by Gasteiger charge is -2.22. The Hall–Kier alpha value is -1.42. The number of aliphatic carboxylic acids is 1. The minimum absolute atomic E-state index is 0.0305. The molecule has 0 aliphatic heterocycles. The number of hydrogen-bond acceptors (Lipinski definition) is 3. The van der Waals surface area contributed by atoms with Crippen molar-refractivity contribution in [3.05, 3.63) is 30.1 Å². The number of carbonyl (C=O) groups is 1. The van der Waals surface area contributed by atoms with Crippen LogP contribution in [0.4, 0.5) is 0 Å². The van der Waals surface area contributed by atoms with Crippen molar-refractivity contribution in [2.45, 2.75) is 25.8 Å². The highest BCUT2D eigenvalue weighted by Crippen LogP contribution is 2.49. The summed E-state index contributed by atoms with van der Waals surface area (Å²) < 4.78 is 0. The number of nitrogens with zero attached hydrogens (tertiary/aromatic N) is 2. The van der Waals surface area contributed by atoms with E-state index in [1.54, 1.807) is 6.20 Å². The minimum Gasteiger partial charge on any atom is -0.481 e. The second-order valence-corrected chi connectivity index (χ2v) is 5.10. The molecule has 1 aliphatic rings. The van der Waals surface area contributed by atoms with E-state index in [4.69, 9.17) is 5.11 Å². The molecular formula is C13H18N2O2. The van der Waals surface area contributed by atoms with Crippen LogP contribution >= 0.6 is 0 Å². The van der Waals surface area contributed by atoms with E-state index >= 15 is 0 Å². The molecule has 0 aromatic carbocycles. The average molecular weight is 234 g/mol. The predicted molar refractivity (Wildman–Crippen MR) is 64.5 cm³/mol.